The number of benzene rings is 3. The van der Waals surface area contributed by atoms with Crippen LogP contribution in [0.4, 0.5) is 0 Å². The van der Waals surface area contributed by atoms with Crippen molar-refractivity contribution in [1.82, 2.24) is 11.0 Å². The van der Waals surface area contributed by atoms with Gasteiger partial charge in [0.05, 0.1) is 19.4 Å². The van der Waals surface area contributed by atoms with Gasteiger partial charge in [-0.25, -0.2) is 4.79 Å². The summed E-state index contributed by atoms with van der Waals surface area (Å²) >= 11 is 0. The van der Waals surface area contributed by atoms with Gasteiger partial charge in [-0.15, -0.1) is 6.58 Å². The Morgan fingerprint density at radius 2 is 1.56 bits per heavy atom. The molecule has 0 aliphatic rings. The van der Waals surface area contributed by atoms with Crippen molar-refractivity contribution in [2.45, 2.75) is 6.61 Å². The van der Waals surface area contributed by atoms with Crippen molar-refractivity contribution < 1.29 is 29.0 Å². The maximum Gasteiger partial charge on any atom is 0.330 e. The van der Waals surface area contributed by atoms with E-state index < -0.39 is 5.97 Å². The normalized spacial score (nSPS) is 11.5. The number of ether oxygens (including phenoxy) is 2. The zero-order valence-electron chi connectivity index (χ0n) is 19.8. The fraction of sp³-hybridized carbons (Fsp3) is 0.107. The van der Waals surface area contributed by atoms with Crippen LogP contribution >= 0.6 is 0 Å². The standard InChI is InChI=1S/C28H28N2O6/c1-3-17-36-30-26(18-28(31)32)23-11-15-25(16-12-23)34-19-21-9-13-24(14-10-21)35-20-27(29-33-2)22-7-5-4-6-8-22/h3-16,18,20,29-30H,1,17,19H2,2H3,(H,31,32). The van der Waals surface area contributed by atoms with Crippen molar-refractivity contribution in [3.8, 4) is 11.5 Å². The molecular formula is C28H28N2O6. The largest absolute Gasteiger partial charge is 0.489 e. The first-order valence-electron chi connectivity index (χ1n) is 11.1. The maximum absolute atomic E-state index is 11.1. The fourth-order valence-corrected chi connectivity index (χ4v) is 3.04. The summed E-state index contributed by atoms with van der Waals surface area (Å²) in [5.41, 5.74) is 8.98. The first kappa shape index (κ1) is 26.1. The van der Waals surface area contributed by atoms with Crippen LogP contribution in [-0.4, -0.2) is 24.8 Å². The number of carboxylic acids is 1. The summed E-state index contributed by atoms with van der Waals surface area (Å²) in [4.78, 5) is 21.3. The van der Waals surface area contributed by atoms with E-state index in [0.29, 0.717) is 35.1 Å². The Morgan fingerprint density at radius 3 is 2.19 bits per heavy atom. The molecule has 0 aliphatic heterocycles. The average Bonchev–Trinajstić information content (AvgIpc) is 2.90. The van der Waals surface area contributed by atoms with Crippen LogP contribution in [0.15, 0.2) is 104 Å². The predicted molar refractivity (Wildman–Crippen MR) is 137 cm³/mol. The molecule has 8 heteroatoms. The minimum absolute atomic E-state index is 0.233. The molecule has 0 bridgehead atoms. The number of aliphatic carboxylic acids is 1. The van der Waals surface area contributed by atoms with E-state index in [2.05, 4.69) is 17.5 Å². The average molecular weight is 489 g/mol. The van der Waals surface area contributed by atoms with Gasteiger partial charge in [0.25, 0.3) is 0 Å². The molecule has 3 N–H and O–H groups in total. The minimum Gasteiger partial charge on any atom is -0.489 e. The van der Waals surface area contributed by atoms with Crippen LogP contribution in [0.1, 0.15) is 16.7 Å². The van der Waals surface area contributed by atoms with Crippen molar-refractivity contribution in [3.63, 3.8) is 0 Å². The smallest absolute Gasteiger partial charge is 0.330 e. The highest BCUT2D eigenvalue weighted by Gasteiger charge is 2.06. The number of rotatable bonds is 14. The third-order valence-electron chi connectivity index (χ3n) is 4.75. The van der Waals surface area contributed by atoms with E-state index in [4.69, 9.17) is 24.3 Å². The van der Waals surface area contributed by atoms with Crippen LogP contribution in [0.3, 0.4) is 0 Å². The Kier molecular flexibility index (Phi) is 10.1. The van der Waals surface area contributed by atoms with Crippen molar-refractivity contribution in [1.29, 1.82) is 0 Å². The summed E-state index contributed by atoms with van der Waals surface area (Å²) < 4.78 is 11.6. The number of hydroxylamine groups is 2. The van der Waals surface area contributed by atoms with E-state index in [-0.39, 0.29) is 6.61 Å². The number of nitrogens with one attached hydrogen (secondary N) is 2. The number of carbonyl (C=O) groups is 1. The van der Waals surface area contributed by atoms with E-state index in [1.54, 1.807) is 43.7 Å². The fourth-order valence-electron chi connectivity index (χ4n) is 3.04. The van der Waals surface area contributed by atoms with Gasteiger partial charge in [-0.1, -0.05) is 48.5 Å². The van der Waals surface area contributed by atoms with Gasteiger partial charge < -0.3 is 14.6 Å². The molecule has 0 saturated carbocycles. The summed E-state index contributed by atoms with van der Waals surface area (Å²) in [6, 6.07) is 24.3. The molecule has 186 valence electrons. The molecule has 3 aromatic rings. The van der Waals surface area contributed by atoms with Crippen LogP contribution < -0.4 is 20.4 Å². The van der Waals surface area contributed by atoms with E-state index in [9.17, 15) is 4.79 Å². The summed E-state index contributed by atoms with van der Waals surface area (Å²) in [5, 5.41) is 9.09. The molecule has 0 fully saturated rings. The second-order valence-electron chi connectivity index (χ2n) is 7.38. The lowest BCUT2D eigenvalue weighted by Gasteiger charge is -2.12. The van der Waals surface area contributed by atoms with E-state index in [0.717, 1.165) is 17.2 Å². The van der Waals surface area contributed by atoms with Crippen LogP contribution in [0, 0.1) is 0 Å². The highest BCUT2D eigenvalue weighted by atomic mass is 16.6. The lowest BCUT2D eigenvalue weighted by atomic mass is 10.1. The van der Waals surface area contributed by atoms with Crippen molar-refractivity contribution in [3.05, 3.63) is 121 Å². The zero-order chi connectivity index (χ0) is 25.6. The predicted octanol–water partition coefficient (Wildman–Crippen LogP) is 4.93. The molecule has 0 aliphatic carbocycles. The van der Waals surface area contributed by atoms with E-state index in [1.165, 1.54) is 0 Å². The number of carboxylic acid groups (broad SMARTS) is 1. The van der Waals surface area contributed by atoms with Gasteiger partial charge in [-0.2, -0.15) is 0 Å². The molecule has 0 atom stereocenters. The molecule has 0 spiro atoms. The highest BCUT2D eigenvalue weighted by molar-refractivity contribution is 5.89. The Bertz CT molecular complexity index is 1170. The van der Waals surface area contributed by atoms with Gasteiger partial charge in [0.15, 0.2) is 0 Å². The summed E-state index contributed by atoms with van der Waals surface area (Å²) in [5.74, 6) is 0.217. The van der Waals surface area contributed by atoms with Crippen LogP contribution in [0.25, 0.3) is 11.4 Å². The Balaban J connectivity index is 1.57. The van der Waals surface area contributed by atoms with Crippen molar-refractivity contribution in [2.75, 3.05) is 13.7 Å². The number of hydrogen-bond acceptors (Lipinski definition) is 7. The summed E-state index contributed by atoms with van der Waals surface area (Å²) in [6.07, 6.45) is 4.18. The monoisotopic (exact) mass is 488 g/mol. The third kappa shape index (κ3) is 8.35. The first-order chi connectivity index (χ1) is 17.6. The molecule has 0 saturated heterocycles. The quantitative estimate of drug-likeness (QED) is 0.0967. The summed E-state index contributed by atoms with van der Waals surface area (Å²) in [7, 11) is 1.54. The molecule has 0 radical (unpaired) electrons. The van der Waals surface area contributed by atoms with Gasteiger partial charge in [-0.3, -0.25) is 20.6 Å². The SMILES string of the molecule is C=CCONC(=CC(=O)O)c1ccc(OCc2ccc(OC=C(NOC)c3ccccc3)cc2)cc1. The Morgan fingerprint density at radius 1 is 0.889 bits per heavy atom. The Labute approximate surface area is 210 Å². The topological polar surface area (TPSA) is 98.3 Å². The van der Waals surface area contributed by atoms with E-state index >= 15 is 0 Å². The van der Waals surface area contributed by atoms with Gasteiger partial charge in [0.2, 0.25) is 0 Å². The van der Waals surface area contributed by atoms with Gasteiger partial charge in [0, 0.05) is 17.2 Å². The van der Waals surface area contributed by atoms with Crippen LogP contribution in [0.5, 0.6) is 11.5 Å². The van der Waals surface area contributed by atoms with E-state index in [1.807, 2.05) is 54.6 Å². The highest BCUT2D eigenvalue weighted by Crippen LogP contribution is 2.20. The van der Waals surface area contributed by atoms with Gasteiger partial charge >= 0.3 is 5.97 Å². The lowest BCUT2D eigenvalue weighted by Crippen LogP contribution is -2.14. The van der Waals surface area contributed by atoms with Gasteiger partial charge in [-0.05, 0) is 42.0 Å². The Hall–Kier alpha value is -4.53. The zero-order valence-corrected chi connectivity index (χ0v) is 19.8. The van der Waals surface area contributed by atoms with Gasteiger partial charge in [0.1, 0.15) is 30.1 Å². The van der Waals surface area contributed by atoms with Crippen molar-refractivity contribution >= 4 is 17.4 Å². The molecule has 3 rings (SSSR count). The first-order valence-corrected chi connectivity index (χ1v) is 11.1. The molecule has 0 heterocycles. The van der Waals surface area contributed by atoms with Crippen LogP contribution in [0.2, 0.25) is 0 Å². The molecule has 36 heavy (non-hydrogen) atoms. The molecule has 0 unspecified atom stereocenters. The molecule has 0 aromatic heterocycles. The minimum atomic E-state index is -1.09. The second-order valence-corrected chi connectivity index (χ2v) is 7.38. The third-order valence-corrected chi connectivity index (χ3v) is 4.75. The molecule has 0 amide bonds. The second kappa shape index (κ2) is 14.0. The maximum atomic E-state index is 11.1. The summed E-state index contributed by atoms with van der Waals surface area (Å²) in [6.45, 7) is 4.14. The molecular weight excluding hydrogens is 460 g/mol. The van der Waals surface area contributed by atoms with Crippen LogP contribution in [-0.2, 0) is 21.1 Å². The molecule has 8 nitrogen and oxygen atoms in total. The molecule has 3 aromatic carbocycles. The number of hydrogen-bond donors (Lipinski definition) is 3. The van der Waals surface area contributed by atoms with Crippen molar-refractivity contribution in [2.24, 2.45) is 0 Å². The lowest BCUT2D eigenvalue weighted by molar-refractivity contribution is -0.131.